The second kappa shape index (κ2) is 9.98. The monoisotopic (exact) mass is 505 g/mol. The van der Waals surface area contributed by atoms with Crippen molar-refractivity contribution in [1.82, 2.24) is 14.9 Å². The number of nitriles is 1. The van der Waals surface area contributed by atoms with E-state index in [0.717, 1.165) is 11.3 Å². The summed E-state index contributed by atoms with van der Waals surface area (Å²) in [6.07, 6.45) is 5.82. The molecule has 1 saturated heterocycles. The van der Waals surface area contributed by atoms with Crippen LogP contribution in [0.4, 0.5) is 5.69 Å². The molecule has 9 heteroatoms. The Morgan fingerprint density at radius 2 is 1.91 bits per heavy atom. The number of halogens is 1. The van der Waals surface area contributed by atoms with E-state index in [4.69, 9.17) is 28.6 Å². The highest BCUT2D eigenvalue weighted by atomic mass is 35.5. The van der Waals surface area contributed by atoms with Crippen molar-refractivity contribution in [3.05, 3.63) is 71.1 Å². The molecule has 0 spiro atoms. The van der Waals surface area contributed by atoms with Crippen molar-refractivity contribution < 1.29 is 9.53 Å². The van der Waals surface area contributed by atoms with E-state index in [1.165, 1.54) is 4.90 Å². The van der Waals surface area contributed by atoms with Gasteiger partial charge in [0.25, 0.3) is 5.91 Å². The Bertz CT molecular complexity index is 1310. The van der Waals surface area contributed by atoms with E-state index in [1.54, 1.807) is 37.6 Å². The second-order valence-electron chi connectivity index (χ2n) is 8.63. The molecule has 1 amide bonds. The van der Waals surface area contributed by atoms with Crippen LogP contribution in [0, 0.1) is 18.3 Å². The summed E-state index contributed by atoms with van der Waals surface area (Å²) >= 11 is 12.0. The van der Waals surface area contributed by atoms with Crippen LogP contribution in [0.15, 0.2) is 55.0 Å². The van der Waals surface area contributed by atoms with E-state index in [2.05, 4.69) is 16.0 Å². The molecule has 2 aromatic heterocycles. The standard InChI is InChI=1S/C26H24ClN5O2S/c1-17-22(8-5-19(15-28)23(17)27)32-24(33)26(2,3)31(25(32)35)13-4-14-34-20-6-7-21(30-16-20)18-9-11-29-12-10-18/h5-12,16H,4,13-14H2,1-3H3. The Morgan fingerprint density at radius 1 is 1.17 bits per heavy atom. The van der Waals surface area contributed by atoms with E-state index in [1.807, 2.05) is 43.0 Å². The summed E-state index contributed by atoms with van der Waals surface area (Å²) in [7, 11) is 0. The molecule has 178 valence electrons. The van der Waals surface area contributed by atoms with Gasteiger partial charge in [-0.2, -0.15) is 5.26 Å². The minimum atomic E-state index is -0.822. The third kappa shape index (κ3) is 4.70. The number of pyridine rings is 2. The van der Waals surface area contributed by atoms with Gasteiger partial charge in [0.15, 0.2) is 5.11 Å². The van der Waals surface area contributed by atoms with Gasteiger partial charge in [-0.05, 0) is 81.4 Å². The van der Waals surface area contributed by atoms with Gasteiger partial charge in [0, 0.05) is 24.5 Å². The van der Waals surface area contributed by atoms with Crippen molar-refractivity contribution in [3.63, 3.8) is 0 Å². The van der Waals surface area contributed by atoms with Crippen LogP contribution in [0.3, 0.4) is 0 Å². The molecular weight excluding hydrogens is 482 g/mol. The number of benzene rings is 1. The molecule has 3 aromatic rings. The number of hydrogen-bond donors (Lipinski definition) is 0. The van der Waals surface area contributed by atoms with Crippen LogP contribution in [0.1, 0.15) is 31.4 Å². The molecule has 4 rings (SSSR count). The molecule has 7 nitrogen and oxygen atoms in total. The summed E-state index contributed by atoms with van der Waals surface area (Å²) in [5, 5.41) is 9.97. The number of carbonyl (C=O) groups is 1. The molecule has 1 aliphatic rings. The first-order chi connectivity index (χ1) is 16.8. The molecule has 0 atom stereocenters. The summed E-state index contributed by atoms with van der Waals surface area (Å²) in [5.74, 6) is 0.537. The highest BCUT2D eigenvalue weighted by Gasteiger charge is 2.49. The number of aromatic nitrogens is 2. The van der Waals surface area contributed by atoms with Crippen molar-refractivity contribution in [1.29, 1.82) is 5.26 Å². The number of thiocarbonyl (C=S) groups is 1. The molecule has 1 aliphatic heterocycles. The molecule has 1 aromatic carbocycles. The average molecular weight is 506 g/mol. The third-order valence-electron chi connectivity index (χ3n) is 6.05. The van der Waals surface area contributed by atoms with E-state index in [9.17, 15) is 10.1 Å². The molecule has 0 aliphatic carbocycles. The van der Waals surface area contributed by atoms with Crippen LogP contribution in [0.25, 0.3) is 11.3 Å². The van der Waals surface area contributed by atoms with Crippen molar-refractivity contribution in [3.8, 4) is 23.1 Å². The summed E-state index contributed by atoms with van der Waals surface area (Å²) in [6.45, 7) is 6.47. The lowest BCUT2D eigenvalue weighted by atomic mass is 10.0. The van der Waals surface area contributed by atoms with Gasteiger partial charge in [0.2, 0.25) is 0 Å². The summed E-state index contributed by atoms with van der Waals surface area (Å²) in [6, 6.07) is 13.0. The topological polar surface area (TPSA) is 82.3 Å². The summed E-state index contributed by atoms with van der Waals surface area (Å²) < 4.78 is 5.87. The highest BCUT2D eigenvalue weighted by Crippen LogP contribution is 2.37. The Hall–Kier alpha value is -3.54. The zero-order valence-corrected chi connectivity index (χ0v) is 21.2. The van der Waals surface area contributed by atoms with E-state index in [0.29, 0.717) is 52.3 Å². The predicted octanol–water partition coefficient (Wildman–Crippen LogP) is 5.16. The number of carbonyl (C=O) groups excluding carboxylic acids is 1. The number of rotatable bonds is 7. The van der Waals surface area contributed by atoms with Gasteiger partial charge in [-0.1, -0.05) is 11.6 Å². The number of amides is 1. The molecule has 0 unspecified atom stereocenters. The fourth-order valence-corrected chi connectivity index (χ4v) is 4.70. The smallest absolute Gasteiger partial charge is 0.258 e. The molecule has 0 N–H and O–H groups in total. The van der Waals surface area contributed by atoms with E-state index >= 15 is 0 Å². The van der Waals surface area contributed by atoms with Crippen molar-refractivity contribution in [2.45, 2.75) is 32.7 Å². The van der Waals surface area contributed by atoms with Crippen LogP contribution >= 0.6 is 23.8 Å². The van der Waals surface area contributed by atoms with Crippen molar-refractivity contribution in [2.75, 3.05) is 18.1 Å². The maximum atomic E-state index is 13.3. The van der Waals surface area contributed by atoms with Gasteiger partial charge in [-0.3, -0.25) is 19.7 Å². The van der Waals surface area contributed by atoms with Crippen molar-refractivity contribution in [2.24, 2.45) is 0 Å². The van der Waals surface area contributed by atoms with E-state index < -0.39 is 5.54 Å². The minimum Gasteiger partial charge on any atom is -0.492 e. The first kappa shape index (κ1) is 24.6. The quantitative estimate of drug-likeness (QED) is 0.324. The van der Waals surface area contributed by atoms with Gasteiger partial charge in [-0.15, -0.1) is 0 Å². The first-order valence-corrected chi connectivity index (χ1v) is 11.9. The zero-order chi connectivity index (χ0) is 25.2. The predicted molar refractivity (Wildman–Crippen MR) is 139 cm³/mol. The van der Waals surface area contributed by atoms with Gasteiger partial charge >= 0.3 is 0 Å². The maximum absolute atomic E-state index is 13.3. The molecular formula is C26H24ClN5O2S. The lowest BCUT2D eigenvalue weighted by Gasteiger charge is -2.29. The Labute approximate surface area is 214 Å². The summed E-state index contributed by atoms with van der Waals surface area (Å²) in [5.41, 5.74) is 2.62. The van der Waals surface area contributed by atoms with Gasteiger partial charge in [-0.25, -0.2) is 0 Å². The number of anilines is 1. The van der Waals surface area contributed by atoms with Crippen LogP contribution in [-0.2, 0) is 4.79 Å². The lowest BCUT2D eigenvalue weighted by molar-refractivity contribution is -0.123. The zero-order valence-electron chi connectivity index (χ0n) is 19.7. The minimum absolute atomic E-state index is 0.136. The molecule has 3 heterocycles. The molecule has 0 bridgehead atoms. The van der Waals surface area contributed by atoms with Gasteiger partial charge < -0.3 is 9.64 Å². The lowest BCUT2D eigenvalue weighted by Crippen LogP contribution is -2.44. The molecule has 0 radical (unpaired) electrons. The Kier molecular flexibility index (Phi) is 7.01. The Balaban J connectivity index is 1.40. The largest absolute Gasteiger partial charge is 0.492 e. The molecule has 35 heavy (non-hydrogen) atoms. The maximum Gasteiger partial charge on any atom is 0.258 e. The average Bonchev–Trinajstić information content (AvgIpc) is 3.03. The Morgan fingerprint density at radius 3 is 2.57 bits per heavy atom. The fraction of sp³-hybridized carbons (Fsp3) is 0.269. The van der Waals surface area contributed by atoms with Crippen LogP contribution in [0.5, 0.6) is 5.75 Å². The molecule has 0 saturated carbocycles. The number of nitrogens with zero attached hydrogens (tertiary/aromatic N) is 5. The number of ether oxygens (including phenoxy) is 1. The molecule has 1 fully saturated rings. The van der Waals surface area contributed by atoms with Crippen LogP contribution < -0.4 is 9.64 Å². The normalized spacial score (nSPS) is 14.8. The SMILES string of the molecule is Cc1c(N2C(=O)C(C)(C)N(CCCOc3ccc(-c4ccncc4)nc3)C2=S)ccc(C#N)c1Cl. The van der Waals surface area contributed by atoms with E-state index in [-0.39, 0.29) is 5.91 Å². The second-order valence-corrected chi connectivity index (χ2v) is 9.38. The van der Waals surface area contributed by atoms with Crippen LogP contribution in [-0.4, -0.2) is 44.6 Å². The van der Waals surface area contributed by atoms with Crippen molar-refractivity contribution >= 4 is 40.5 Å². The van der Waals surface area contributed by atoms with Gasteiger partial charge in [0.1, 0.15) is 17.4 Å². The summed E-state index contributed by atoms with van der Waals surface area (Å²) in [4.78, 5) is 25.2. The first-order valence-electron chi connectivity index (χ1n) is 11.1. The fourth-order valence-electron chi connectivity index (χ4n) is 4.00. The number of hydrogen-bond acceptors (Lipinski definition) is 6. The van der Waals surface area contributed by atoms with Gasteiger partial charge in [0.05, 0.1) is 34.8 Å². The van der Waals surface area contributed by atoms with Crippen LogP contribution in [0.2, 0.25) is 5.02 Å². The highest BCUT2D eigenvalue weighted by molar-refractivity contribution is 7.80. The third-order valence-corrected chi connectivity index (χ3v) is 6.94.